The van der Waals surface area contributed by atoms with Crippen LogP contribution in [0.2, 0.25) is 0 Å². The molecular formula is C31H39NO5. The van der Waals surface area contributed by atoms with Crippen molar-refractivity contribution in [2.24, 2.45) is 5.16 Å². The van der Waals surface area contributed by atoms with Gasteiger partial charge in [-0.2, -0.15) is 0 Å². The molecule has 0 amide bonds. The highest BCUT2D eigenvalue weighted by atomic mass is 16.6. The number of hydrogen-bond acceptors (Lipinski definition) is 6. The summed E-state index contributed by atoms with van der Waals surface area (Å²) in [4.78, 5) is 18.0. The molecule has 198 valence electrons. The van der Waals surface area contributed by atoms with E-state index in [4.69, 9.17) is 14.0 Å². The lowest BCUT2D eigenvalue weighted by molar-refractivity contribution is 0.0892. The fourth-order valence-electron chi connectivity index (χ4n) is 4.23. The van der Waals surface area contributed by atoms with E-state index in [0.29, 0.717) is 47.1 Å². The van der Waals surface area contributed by atoms with Gasteiger partial charge in [0.2, 0.25) is 5.78 Å². The Bertz CT molecular complexity index is 1240. The topological polar surface area (TPSA) is 81.3 Å². The zero-order valence-corrected chi connectivity index (χ0v) is 23.2. The third kappa shape index (κ3) is 7.03. The molecule has 3 aromatic rings. The number of phenolic OH excluding ortho intramolecular Hbond substituents is 1. The van der Waals surface area contributed by atoms with E-state index in [1.807, 2.05) is 0 Å². The number of carbonyl (C=O) groups excluding carboxylic acids is 1. The van der Waals surface area contributed by atoms with Crippen LogP contribution in [0, 0.1) is 6.92 Å². The first-order chi connectivity index (χ1) is 17.5. The minimum atomic E-state index is -0.272. The summed E-state index contributed by atoms with van der Waals surface area (Å²) in [5.74, 6) is 2.18. The molecule has 1 N–H and O–H groups in total. The van der Waals surface area contributed by atoms with Gasteiger partial charge in [-0.15, -0.1) is 0 Å². The Balaban J connectivity index is 1.72. The Morgan fingerprint density at radius 2 is 1.59 bits per heavy atom. The zero-order valence-electron chi connectivity index (χ0n) is 23.2. The second-order valence-corrected chi connectivity index (χ2v) is 10.4. The summed E-state index contributed by atoms with van der Waals surface area (Å²) in [5, 5.41) is 14.9. The molecule has 0 radical (unpaired) electrons. The van der Waals surface area contributed by atoms with Crippen LogP contribution in [0.3, 0.4) is 0 Å². The molecule has 0 spiro atoms. The lowest BCUT2D eigenvalue weighted by atomic mass is 9.85. The van der Waals surface area contributed by atoms with E-state index in [-0.39, 0.29) is 23.9 Å². The van der Waals surface area contributed by atoms with Gasteiger partial charge in [0.05, 0.1) is 5.71 Å². The summed E-state index contributed by atoms with van der Waals surface area (Å²) < 4.78 is 10.9. The number of nitrogens with zero attached hydrogens (tertiary/aromatic N) is 1. The van der Waals surface area contributed by atoms with E-state index in [9.17, 15) is 9.90 Å². The second-order valence-electron chi connectivity index (χ2n) is 10.4. The summed E-state index contributed by atoms with van der Waals surface area (Å²) in [7, 11) is 0. The maximum atomic E-state index is 12.2. The van der Waals surface area contributed by atoms with E-state index in [1.54, 1.807) is 38.1 Å². The lowest BCUT2D eigenvalue weighted by Crippen LogP contribution is -2.11. The number of oxime groups is 1. The number of aromatic hydroxyl groups is 1. The van der Waals surface area contributed by atoms with Gasteiger partial charge < -0.3 is 19.1 Å². The maximum absolute atomic E-state index is 12.2. The molecule has 6 heteroatoms. The molecule has 6 nitrogen and oxygen atoms in total. The number of carbonyl (C=O) groups is 1. The monoisotopic (exact) mass is 505 g/mol. The summed E-state index contributed by atoms with van der Waals surface area (Å²) in [6.07, 6.45) is 0. The van der Waals surface area contributed by atoms with Crippen LogP contribution >= 0.6 is 0 Å². The van der Waals surface area contributed by atoms with Crippen molar-refractivity contribution in [3.8, 4) is 11.5 Å². The van der Waals surface area contributed by atoms with Gasteiger partial charge in [0.25, 0.3) is 0 Å². The average molecular weight is 506 g/mol. The first-order valence-electron chi connectivity index (χ1n) is 12.9. The minimum Gasteiger partial charge on any atom is -0.507 e. The SMILES string of the molecule is C/C(=N\OCc1c(C(C)C)cc(C(C)C)cc1C(C)C)c1ccc(OCC(=O)c2ccc(C)o2)cc1O. The smallest absolute Gasteiger partial charge is 0.235 e. The van der Waals surface area contributed by atoms with Crippen LogP contribution in [0.15, 0.2) is 52.0 Å². The average Bonchev–Trinajstić information content (AvgIpc) is 3.28. The number of furan rings is 1. The van der Waals surface area contributed by atoms with Gasteiger partial charge in [0.1, 0.15) is 23.9 Å². The number of ether oxygens (including phenoxy) is 1. The minimum absolute atomic E-state index is 0.00401. The molecule has 0 atom stereocenters. The van der Waals surface area contributed by atoms with Crippen LogP contribution in [0.4, 0.5) is 0 Å². The van der Waals surface area contributed by atoms with Gasteiger partial charge in [-0.25, -0.2) is 0 Å². The van der Waals surface area contributed by atoms with Gasteiger partial charge in [-0.3, -0.25) is 4.79 Å². The van der Waals surface area contributed by atoms with Crippen molar-refractivity contribution in [3.05, 3.63) is 81.8 Å². The third-order valence-electron chi connectivity index (χ3n) is 6.41. The molecule has 0 bridgehead atoms. The quantitative estimate of drug-likeness (QED) is 0.163. The Labute approximate surface area is 220 Å². The lowest BCUT2D eigenvalue weighted by Gasteiger charge is -2.22. The molecule has 3 rings (SSSR count). The zero-order chi connectivity index (χ0) is 27.3. The van der Waals surface area contributed by atoms with Crippen molar-refractivity contribution in [2.75, 3.05) is 6.61 Å². The van der Waals surface area contributed by atoms with Crippen LogP contribution in [-0.4, -0.2) is 23.2 Å². The molecule has 0 aliphatic rings. The van der Waals surface area contributed by atoms with Crippen molar-refractivity contribution >= 4 is 11.5 Å². The van der Waals surface area contributed by atoms with Crippen LogP contribution in [0.1, 0.15) is 110 Å². The van der Waals surface area contributed by atoms with Crippen molar-refractivity contribution in [3.63, 3.8) is 0 Å². The predicted octanol–water partition coefficient (Wildman–Crippen LogP) is 7.87. The second kappa shape index (κ2) is 12.1. The highest BCUT2D eigenvalue weighted by molar-refractivity contribution is 6.00. The Morgan fingerprint density at radius 1 is 0.946 bits per heavy atom. The summed E-state index contributed by atoms with van der Waals surface area (Å²) in [6, 6.07) is 12.8. The van der Waals surface area contributed by atoms with Crippen LogP contribution in [0.5, 0.6) is 11.5 Å². The molecule has 0 aliphatic carbocycles. The summed E-state index contributed by atoms with van der Waals surface area (Å²) in [6.45, 7) is 17.0. The standard InChI is InChI=1S/C31H39NO5/c1-18(2)23-13-26(19(3)4)28(27(14-23)20(5)6)16-36-32-22(8)25-11-10-24(15-29(25)33)35-17-30(34)31-12-9-21(7)37-31/h9-15,18-20,33H,16-17H2,1-8H3/b32-22+. The molecule has 2 aromatic carbocycles. The van der Waals surface area contributed by atoms with Gasteiger partial charge in [-0.05, 0) is 78.1 Å². The number of hydrogen-bond donors (Lipinski definition) is 1. The van der Waals surface area contributed by atoms with E-state index >= 15 is 0 Å². The summed E-state index contributed by atoms with van der Waals surface area (Å²) >= 11 is 0. The highest BCUT2D eigenvalue weighted by Crippen LogP contribution is 2.33. The molecule has 1 heterocycles. The van der Waals surface area contributed by atoms with Crippen molar-refractivity contribution < 1.29 is 23.9 Å². The molecule has 0 saturated carbocycles. The molecule has 0 saturated heterocycles. The number of Topliss-reactive ketones (excluding diaryl/α,β-unsaturated/α-hetero) is 1. The Morgan fingerprint density at radius 3 is 2.11 bits per heavy atom. The van der Waals surface area contributed by atoms with Crippen molar-refractivity contribution in [1.82, 2.24) is 0 Å². The number of ketones is 1. The molecule has 1 aromatic heterocycles. The first-order valence-corrected chi connectivity index (χ1v) is 12.9. The van der Waals surface area contributed by atoms with Crippen molar-refractivity contribution in [2.45, 2.75) is 79.8 Å². The number of phenols is 1. The van der Waals surface area contributed by atoms with Gasteiger partial charge in [0, 0.05) is 11.6 Å². The molecular weight excluding hydrogens is 466 g/mol. The van der Waals surface area contributed by atoms with E-state index in [2.05, 4.69) is 58.8 Å². The Hall–Kier alpha value is -3.54. The fourth-order valence-corrected chi connectivity index (χ4v) is 4.23. The normalized spacial score (nSPS) is 12.0. The highest BCUT2D eigenvalue weighted by Gasteiger charge is 2.18. The Kier molecular flexibility index (Phi) is 9.19. The van der Waals surface area contributed by atoms with E-state index in [0.717, 1.165) is 0 Å². The molecule has 0 fully saturated rings. The molecule has 0 unspecified atom stereocenters. The van der Waals surface area contributed by atoms with Crippen molar-refractivity contribution in [1.29, 1.82) is 0 Å². The van der Waals surface area contributed by atoms with E-state index in [1.165, 1.54) is 28.3 Å². The third-order valence-corrected chi connectivity index (χ3v) is 6.41. The maximum Gasteiger partial charge on any atom is 0.235 e. The number of aryl methyl sites for hydroxylation is 1. The predicted molar refractivity (Wildman–Crippen MR) is 147 cm³/mol. The molecule has 37 heavy (non-hydrogen) atoms. The first kappa shape index (κ1) is 28.0. The van der Waals surface area contributed by atoms with Gasteiger partial charge >= 0.3 is 0 Å². The van der Waals surface area contributed by atoms with Crippen LogP contribution in [-0.2, 0) is 11.4 Å². The van der Waals surface area contributed by atoms with Crippen LogP contribution in [0.25, 0.3) is 0 Å². The largest absolute Gasteiger partial charge is 0.507 e. The fraction of sp³-hybridized carbons (Fsp3) is 0.419. The van der Waals surface area contributed by atoms with Gasteiger partial charge in [-0.1, -0.05) is 58.8 Å². The van der Waals surface area contributed by atoms with Crippen LogP contribution < -0.4 is 4.74 Å². The molecule has 0 aliphatic heterocycles. The number of benzene rings is 2. The van der Waals surface area contributed by atoms with E-state index < -0.39 is 0 Å². The summed E-state index contributed by atoms with van der Waals surface area (Å²) in [5.41, 5.74) is 6.16. The number of rotatable bonds is 11. The van der Waals surface area contributed by atoms with Gasteiger partial charge in [0.15, 0.2) is 12.4 Å².